The first-order valence-corrected chi connectivity index (χ1v) is 6.83. The standard InChI is InChI=1S/C15H14ClNO3/c16-14-3-1-11(17-5-7-19-8-6-17)9-13(14)15-4-2-12(10-18)20-15/h1-4,9-10H,5-8H2. The van der Waals surface area contributed by atoms with Crippen LogP contribution in [0.5, 0.6) is 0 Å². The van der Waals surface area contributed by atoms with E-state index in [-0.39, 0.29) is 0 Å². The second-order valence-electron chi connectivity index (χ2n) is 4.58. The molecule has 2 heterocycles. The molecule has 1 aliphatic heterocycles. The molecule has 0 radical (unpaired) electrons. The number of ether oxygens (including phenoxy) is 1. The molecule has 3 rings (SSSR count). The molecule has 1 saturated heterocycles. The third kappa shape index (κ3) is 2.57. The zero-order valence-corrected chi connectivity index (χ0v) is 11.6. The minimum atomic E-state index is 0.299. The summed E-state index contributed by atoms with van der Waals surface area (Å²) in [6.07, 6.45) is 0.684. The van der Waals surface area contributed by atoms with Gasteiger partial charge in [-0.1, -0.05) is 11.6 Å². The Balaban J connectivity index is 1.95. The SMILES string of the molecule is O=Cc1ccc(-c2cc(N3CCOCC3)ccc2Cl)o1. The first kappa shape index (κ1) is 13.2. The van der Waals surface area contributed by atoms with Gasteiger partial charge >= 0.3 is 0 Å². The highest BCUT2D eigenvalue weighted by molar-refractivity contribution is 6.33. The fraction of sp³-hybridized carbons (Fsp3) is 0.267. The number of furan rings is 1. The molecule has 0 bridgehead atoms. The van der Waals surface area contributed by atoms with Gasteiger partial charge < -0.3 is 14.1 Å². The molecule has 1 fully saturated rings. The average Bonchev–Trinajstić information content (AvgIpc) is 2.97. The fourth-order valence-corrected chi connectivity index (χ4v) is 2.49. The number of nitrogens with zero attached hydrogens (tertiary/aromatic N) is 1. The Morgan fingerprint density at radius 1 is 1.15 bits per heavy atom. The van der Waals surface area contributed by atoms with Crippen LogP contribution in [0.15, 0.2) is 34.7 Å². The summed E-state index contributed by atoms with van der Waals surface area (Å²) in [7, 11) is 0. The van der Waals surface area contributed by atoms with Crippen LogP contribution in [0.4, 0.5) is 5.69 Å². The first-order chi connectivity index (χ1) is 9.78. The molecule has 20 heavy (non-hydrogen) atoms. The topological polar surface area (TPSA) is 42.7 Å². The van der Waals surface area contributed by atoms with Gasteiger partial charge in [0.2, 0.25) is 0 Å². The lowest BCUT2D eigenvalue weighted by Gasteiger charge is -2.29. The van der Waals surface area contributed by atoms with E-state index in [9.17, 15) is 4.79 Å². The number of carbonyl (C=O) groups is 1. The van der Waals surface area contributed by atoms with Crippen molar-refractivity contribution in [2.45, 2.75) is 0 Å². The van der Waals surface area contributed by atoms with Crippen molar-refractivity contribution in [1.29, 1.82) is 0 Å². The summed E-state index contributed by atoms with van der Waals surface area (Å²) in [4.78, 5) is 12.9. The van der Waals surface area contributed by atoms with Crippen molar-refractivity contribution in [2.75, 3.05) is 31.2 Å². The molecule has 0 aliphatic carbocycles. The molecule has 0 saturated carbocycles. The Hall–Kier alpha value is -1.78. The van der Waals surface area contributed by atoms with Crippen molar-refractivity contribution in [3.63, 3.8) is 0 Å². The van der Waals surface area contributed by atoms with Crippen LogP contribution in [-0.2, 0) is 4.74 Å². The molecule has 1 aliphatic rings. The van der Waals surface area contributed by atoms with E-state index in [0.717, 1.165) is 37.6 Å². The number of benzene rings is 1. The highest BCUT2D eigenvalue weighted by Crippen LogP contribution is 2.33. The third-order valence-electron chi connectivity index (χ3n) is 3.33. The first-order valence-electron chi connectivity index (χ1n) is 6.45. The van der Waals surface area contributed by atoms with Crippen molar-refractivity contribution in [2.24, 2.45) is 0 Å². The van der Waals surface area contributed by atoms with Crippen LogP contribution in [0.25, 0.3) is 11.3 Å². The molecule has 2 aromatic rings. The Bertz CT molecular complexity index is 617. The van der Waals surface area contributed by atoms with Crippen LogP contribution < -0.4 is 4.90 Å². The second-order valence-corrected chi connectivity index (χ2v) is 4.99. The number of hydrogen-bond acceptors (Lipinski definition) is 4. The molecule has 0 amide bonds. The number of carbonyl (C=O) groups excluding carboxylic acids is 1. The van der Waals surface area contributed by atoms with Gasteiger partial charge in [0, 0.05) is 24.3 Å². The van der Waals surface area contributed by atoms with Crippen LogP contribution in [0.1, 0.15) is 10.6 Å². The van der Waals surface area contributed by atoms with E-state index in [2.05, 4.69) is 4.90 Å². The van der Waals surface area contributed by atoms with Gasteiger partial charge in [0.1, 0.15) is 5.76 Å². The van der Waals surface area contributed by atoms with Gasteiger partial charge in [0.05, 0.1) is 18.2 Å². The van der Waals surface area contributed by atoms with Crippen molar-refractivity contribution in [3.8, 4) is 11.3 Å². The zero-order chi connectivity index (χ0) is 13.9. The lowest BCUT2D eigenvalue weighted by molar-refractivity contribution is 0.110. The van der Waals surface area contributed by atoms with Crippen molar-refractivity contribution in [1.82, 2.24) is 0 Å². The van der Waals surface area contributed by atoms with E-state index in [1.165, 1.54) is 0 Å². The molecule has 0 unspecified atom stereocenters. The number of hydrogen-bond donors (Lipinski definition) is 0. The van der Waals surface area contributed by atoms with Crippen molar-refractivity contribution in [3.05, 3.63) is 41.1 Å². The van der Waals surface area contributed by atoms with E-state index in [0.29, 0.717) is 22.8 Å². The Labute approximate surface area is 121 Å². The molecule has 0 spiro atoms. The van der Waals surface area contributed by atoms with E-state index in [4.69, 9.17) is 20.8 Å². The zero-order valence-electron chi connectivity index (χ0n) is 10.8. The molecule has 0 atom stereocenters. The summed E-state index contributed by atoms with van der Waals surface area (Å²) < 4.78 is 10.8. The summed E-state index contributed by atoms with van der Waals surface area (Å²) in [6.45, 7) is 3.18. The number of anilines is 1. The number of rotatable bonds is 3. The van der Waals surface area contributed by atoms with Crippen molar-refractivity contribution < 1.29 is 13.9 Å². The lowest BCUT2D eigenvalue weighted by atomic mass is 10.1. The number of halogens is 1. The molecular weight excluding hydrogens is 278 g/mol. The normalized spacial score (nSPS) is 15.3. The minimum absolute atomic E-state index is 0.299. The van der Waals surface area contributed by atoms with Gasteiger partial charge in [-0.05, 0) is 30.3 Å². The van der Waals surface area contributed by atoms with Crippen LogP contribution in [0.3, 0.4) is 0 Å². The predicted molar refractivity (Wildman–Crippen MR) is 77.6 cm³/mol. The van der Waals surface area contributed by atoms with Crippen molar-refractivity contribution >= 4 is 23.6 Å². The molecule has 1 aromatic carbocycles. The molecule has 104 valence electrons. The smallest absolute Gasteiger partial charge is 0.185 e. The lowest BCUT2D eigenvalue weighted by Crippen LogP contribution is -2.36. The monoisotopic (exact) mass is 291 g/mol. The molecular formula is C15H14ClNO3. The highest BCUT2D eigenvalue weighted by Gasteiger charge is 2.15. The average molecular weight is 292 g/mol. The summed E-state index contributed by atoms with van der Waals surface area (Å²) in [5.41, 5.74) is 1.88. The van der Waals surface area contributed by atoms with E-state index in [1.54, 1.807) is 12.1 Å². The summed E-state index contributed by atoms with van der Waals surface area (Å²) >= 11 is 6.23. The largest absolute Gasteiger partial charge is 0.453 e. The van der Waals surface area contributed by atoms with Gasteiger partial charge in [-0.15, -0.1) is 0 Å². The minimum Gasteiger partial charge on any atom is -0.453 e. The van der Waals surface area contributed by atoms with Gasteiger partial charge in [0.25, 0.3) is 0 Å². The van der Waals surface area contributed by atoms with Gasteiger partial charge in [-0.3, -0.25) is 4.79 Å². The predicted octanol–water partition coefficient (Wildman–Crippen LogP) is 3.25. The van der Waals surface area contributed by atoms with Crippen LogP contribution in [-0.4, -0.2) is 32.6 Å². The third-order valence-corrected chi connectivity index (χ3v) is 3.66. The van der Waals surface area contributed by atoms with Crippen LogP contribution in [0.2, 0.25) is 5.02 Å². The van der Waals surface area contributed by atoms with E-state index in [1.807, 2.05) is 18.2 Å². The summed E-state index contributed by atoms with van der Waals surface area (Å²) in [6, 6.07) is 9.22. The maximum Gasteiger partial charge on any atom is 0.185 e. The summed E-state index contributed by atoms with van der Waals surface area (Å²) in [5.74, 6) is 0.903. The van der Waals surface area contributed by atoms with Gasteiger partial charge in [-0.25, -0.2) is 0 Å². The van der Waals surface area contributed by atoms with E-state index < -0.39 is 0 Å². The molecule has 1 aromatic heterocycles. The molecule has 5 heteroatoms. The fourth-order valence-electron chi connectivity index (χ4n) is 2.28. The maximum atomic E-state index is 10.7. The maximum absolute atomic E-state index is 10.7. The van der Waals surface area contributed by atoms with Gasteiger partial charge in [-0.2, -0.15) is 0 Å². The highest BCUT2D eigenvalue weighted by atomic mass is 35.5. The molecule has 4 nitrogen and oxygen atoms in total. The Kier molecular flexibility index (Phi) is 3.76. The molecule has 0 N–H and O–H groups in total. The second kappa shape index (κ2) is 5.69. The number of morpholine rings is 1. The van der Waals surface area contributed by atoms with E-state index >= 15 is 0 Å². The Morgan fingerprint density at radius 3 is 2.65 bits per heavy atom. The quantitative estimate of drug-likeness (QED) is 0.814. The summed E-state index contributed by atoms with van der Waals surface area (Å²) in [5, 5.41) is 0.605. The van der Waals surface area contributed by atoms with Crippen LogP contribution in [0, 0.1) is 0 Å². The van der Waals surface area contributed by atoms with Gasteiger partial charge in [0.15, 0.2) is 12.0 Å². The Morgan fingerprint density at radius 2 is 1.95 bits per heavy atom. The number of aldehydes is 1. The van der Waals surface area contributed by atoms with Crippen LogP contribution >= 0.6 is 11.6 Å².